The Morgan fingerprint density at radius 3 is 2.30 bits per heavy atom. The molecule has 0 bridgehead atoms. The molecule has 2 aromatic carbocycles. The molecule has 0 unspecified atom stereocenters. The van der Waals surface area contributed by atoms with Crippen LogP contribution in [0, 0.1) is 0 Å². The molecule has 1 aliphatic rings. The number of fused-ring (bicyclic) bond motifs is 1. The van der Waals surface area contributed by atoms with Gasteiger partial charge in [-0.3, -0.25) is 19.3 Å². The van der Waals surface area contributed by atoms with Crippen LogP contribution in [0.2, 0.25) is 0 Å². The van der Waals surface area contributed by atoms with Crippen molar-refractivity contribution >= 4 is 29.4 Å². The predicted octanol–water partition coefficient (Wildman–Crippen LogP) is 2.31. The van der Waals surface area contributed by atoms with Crippen molar-refractivity contribution in [2.75, 3.05) is 20.8 Å². The fraction of sp³-hybridized carbons (Fsp3) is 0.150. The van der Waals surface area contributed by atoms with Crippen molar-refractivity contribution in [2.24, 2.45) is 0 Å². The summed E-state index contributed by atoms with van der Waals surface area (Å²) in [6.45, 7) is -0.699. The molecule has 0 saturated heterocycles. The Morgan fingerprint density at radius 2 is 1.67 bits per heavy atom. The molecule has 0 aliphatic carbocycles. The number of carbonyl (C=O) groups excluding carboxylic acids is 2. The van der Waals surface area contributed by atoms with E-state index in [9.17, 15) is 14.4 Å². The van der Waals surface area contributed by atoms with E-state index >= 15 is 0 Å². The van der Waals surface area contributed by atoms with Gasteiger partial charge in [-0.1, -0.05) is 24.3 Å². The molecule has 0 spiro atoms. The Hall–Kier alpha value is -3.61. The number of amides is 2. The summed E-state index contributed by atoms with van der Waals surface area (Å²) in [4.78, 5) is 37.2. The Labute approximate surface area is 155 Å². The van der Waals surface area contributed by atoms with E-state index in [0.29, 0.717) is 22.6 Å². The van der Waals surface area contributed by atoms with Crippen molar-refractivity contribution in [1.82, 2.24) is 4.90 Å². The van der Waals surface area contributed by atoms with E-state index in [4.69, 9.17) is 14.6 Å². The van der Waals surface area contributed by atoms with Crippen LogP contribution in [0.1, 0.15) is 21.5 Å². The predicted molar refractivity (Wildman–Crippen MR) is 97.5 cm³/mol. The number of benzene rings is 2. The third-order valence-electron chi connectivity index (χ3n) is 4.18. The minimum Gasteiger partial charge on any atom is -0.493 e. The second kappa shape index (κ2) is 7.33. The standard InChI is InChI=1S/C20H17NO6/c1-26-16-8-7-12(10-17(16)27-2)9-15-13-5-3-4-6-14(13)19(24)21(20(15)25)11-18(22)23/h3-10H,11H2,1-2H3,(H,22,23)/b15-9-. The zero-order chi connectivity index (χ0) is 19.6. The van der Waals surface area contributed by atoms with E-state index in [-0.39, 0.29) is 11.1 Å². The molecule has 0 radical (unpaired) electrons. The maximum absolute atomic E-state index is 12.8. The Bertz CT molecular complexity index is 963. The largest absolute Gasteiger partial charge is 0.493 e. The van der Waals surface area contributed by atoms with Crippen LogP contribution in [0.5, 0.6) is 11.5 Å². The molecule has 7 heteroatoms. The fourth-order valence-electron chi connectivity index (χ4n) is 2.93. The van der Waals surface area contributed by atoms with E-state index in [1.54, 1.807) is 48.5 Å². The SMILES string of the molecule is COc1ccc(/C=C2\C(=O)N(CC(=O)O)C(=O)c3ccccc32)cc1OC. The average molecular weight is 367 g/mol. The summed E-state index contributed by atoms with van der Waals surface area (Å²) in [6, 6.07) is 11.7. The maximum atomic E-state index is 12.8. The van der Waals surface area contributed by atoms with Crippen molar-refractivity contribution in [1.29, 1.82) is 0 Å². The lowest BCUT2D eigenvalue weighted by atomic mass is 9.92. The molecular weight excluding hydrogens is 350 g/mol. The third-order valence-corrected chi connectivity index (χ3v) is 4.18. The first-order valence-corrected chi connectivity index (χ1v) is 8.07. The maximum Gasteiger partial charge on any atom is 0.323 e. The molecule has 3 rings (SSSR count). The van der Waals surface area contributed by atoms with Crippen molar-refractivity contribution in [3.63, 3.8) is 0 Å². The van der Waals surface area contributed by atoms with Gasteiger partial charge in [-0.15, -0.1) is 0 Å². The molecule has 0 aromatic heterocycles. The topological polar surface area (TPSA) is 93.1 Å². The molecule has 0 fully saturated rings. The second-order valence-electron chi connectivity index (χ2n) is 5.81. The number of hydrogen-bond acceptors (Lipinski definition) is 5. The van der Waals surface area contributed by atoms with Crippen LogP contribution in [0.4, 0.5) is 0 Å². The summed E-state index contributed by atoms with van der Waals surface area (Å²) in [5.74, 6) is -1.51. The summed E-state index contributed by atoms with van der Waals surface area (Å²) in [7, 11) is 3.02. The molecular formula is C20H17NO6. The van der Waals surface area contributed by atoms with Gasteiger partial charge < -0.3 is 14.6 Å². The van der Waals surface area contributed by atoms with Gasteiger partial charge in [0.1, 0.15) is 6.54 Å². The first-order chi connectivity index (χ1) is 13.0. The molecule has 2 amide bonds. The highest BCUT2D eigenvalue weighted by Crippen LogP contribution is 2.33. The van der Waals surface area contributed by atoms with E-state index in [0.717, 1.165) is 4.90 Å². The number of ether oxygens (including phenoxy) is 2. The van der Waals surface area contributed by atoms with Crippen LogP contribution in [0.3, 0.4) is 0 Å². The lowest BCUT2D eigenvalue weighted by Crippen LogP contribution is -2.44. The van der Waals surface area contributed by atoms with Crippen LogP contribution in [0.25, 0.3) is 11.6 Å². The number of imide groups is 1. The molecule has 1 N–H and O–H groups in total. The van der Waals surface area contributed by atoms with Crippen LogP contribution >= 0.6 is 0 Å². The summed E-state index contributed by atoms with van der Waals surface area (Å²) >= 11 is 0. The first-order valence-electron chi connectivity index (χ1n) is 8.07. The zero-order valence-electron chi connectivity index (χ0n) is 14.8. The molecule has 138 valence electrons. The fourth-order valence-corrected chi connectivity index (χ4v) is 2.93. The lowest BCUT2D eigenvalue weighted by Gasteiger charge is -2.27. The van der Waals surface area contributed by atoms with Gasteiger partial charge in [0, 0.05) is 11.1 Å². The van der Waals surface area contributed by atoms with Gasteiger partial charge in [0.25, 0.3) is 11.8 Å². The van der Waals surface area contributed by atoms with Crippen LogP contribution < -0.4 is 9.47 Å². The highest BCUT2D eigenvalue weighted by Gasteiger charge is 2.35. The molecule has 0 atom stereocenters. The summed E-state index contributed by atoms with van der Waals surface area (Å²) in [5, 5.41) is 9.06. The van der Waals surface area contributed by atoms with Crippen molar-refractivity contribution in [2.45, 2.75) is 0 Å². The smallest absolute Gasteiger partial charge is 0.323 e. The number of carboxylic acid groups (broad SMARTS) is 1. The summed E-state index contributed by atoms with van der Waals surface area (Å²) in [5.41, 5.74) is 1.63. The molecule has 7 nitrogen and oxygen atoms in total. The van der Waals surface area contributed by atoms with Gasteiger partial charge >= 0.3 is 5.97 Å². The van der Waals surface area contributed by atoms with Crippen molar-refractivity contribution in [3.05, 3.63) is 59.2 Å². The van der Waals surface area contributed by atoms with Gasteiger partial charge in [-0.2, -0.15) is 0 Å². The average Bonchev–Trinajstić information content (AvgIpc) is 2.68. The van der Waals surface area contributed by atoms with Gasteiger partial charge in [0.15, 0.2) is 11.5 Å². The van der Waals surface area contributed by atoms with E-state index in [1.165, 1.54) is 14.2 Å². The van der Waals surface area contributed by atoms with Crippen molar-refractivity contribution < 1.29 is 29.0 Å². The number of methoxy groups -OCH3 is 2. The van der Waals surface area contributed by atoms with E-state index < -0.39 is 24.3 Å². The second-order valence-corrected chi connectivity index (χ2v) is 5.81. The summed E-state index contributed by atoms with van der Waals surface area (Å²) < 4.78 is 10.5. The molecule has 27 heavy (non-hydrogen) atoms. The van der Waals surface area contributed by atoms with Crippen molar-refractivity contribution in [3.8, 4) is 11.5 Å². The molecule has 1 heterocycles. The zero-order valence-corrected chi connectivity index (χ0v) is 14.8. The number of nitrogens with zero attached hydrogens (tertiary/aromatic N) is 1. The lowest BCUT2D eigenvalue weighted by molar-refractivity contribution is -0.141. The number of carboxylic acids is 1. The van der Waals surface area contributed by atoms with Crippen LogP contribution in [-0.2, 0) is 9.59 Å². The third kappa shape index (κ3) is 3.39. The van der Waals surface area contributed by atoms with Gasteiger partial charge in [-0.05, 0) is 35.4 Å². The number of hydrogen-bond donors (Lipinski definition) is 1. The number of carbonyl (C=O) groups is 3. The number of rotatable bonds is 5. The molecule has 2 aromatic rings. The van der Waals surface area contributed by atoms with Gasteiger partial charge in [0.2, 0.25) is 0 Å². The van der Waals surface area contributed by atoms with Gasteiger partial charge in [0.05, 0.1) is 14.2 Å². The summed E-state index contributed by atoms with van der Waals surface area (Å²) in [6.07, 6.45) is 1.60. The van der Waals surface area contributed by atoms with Crippen LogP contribution in [0.15, 0.2) is 42.5 Å². The Morgan fingerprint density at radius 1 is 1.00 bits per heavy atom. The van der Waals surface area contributed by atoms with Crippen LogP contribution in [-0.4, -0.2) is 48.6 Å². The normalized spacial score (nSPS) is 14.9. The highest BCUT2D eigenvalue weighted by molar-refractivity contribution is 6.34. The monoisotopic (exact) mass is 367 g/mol. The Balaban J connectivity index is 2.14. The first kappa shape index (κ1) is 18.2. The minimum absolute atomic E-state index is 0.235. The minimum atomic E-state index is -1.26. The highest BCUT2D eigenvalue weighted by atomic mass is 16.5. The molecule has 1 aliphatic heterocycles. The quantitative estimate of drug-likeness (QED) is 0.644. The molecule has 0 saturated carbocycles. The van der Waals surface area contributed by atoms with E-state index in [1.807, 2.05) is 0 Å². The van der Waals surface area contributed by atoms with Gasteiger partial charge in [-0.25, -0.2) is 0 Å². The van der Waals surface area contributed by atoms with E-state index in [2.05, 4.69) is 0 Å². The number of aliphatic carboxylic acids is 1. The Kier molecular flexibility index (Phi) is 4.94.